The molecule has 3 saturated carbocycles. The van der Waals surface area contributed by atoms with E-state index in [2.05, 4.69) is 40.7 Å². The molecule has 3 fully saturated rings. The van der Waals surface area contributed by atoms with Crippen LogP contribution in [0.4, 0.5) is 0 Å². The third kappa shape index (κ3) is 4.56. The largest absolute Gasteiger partial charge is 1.00 e. The van der Waals surface area contributed by atoms with E-state index in [0.29, 0.717) is 10.8 Å². The topological polar surface area (TPSA) is 20.2 Å². The SMILES string of the molecule is CC(C)CCC[C@@H](C)[C@H]1CC[C@H]2[C@@H]3CC=C4C[C@@H](O)CC[C@]4(C)[C@H]3CC[C@]12C.[H-].[K+]. The van der Waals surface area contributed by atoms with E-state index in [4.69, 9.17) is 0 Å². The van der Waals surface area contributed by atoms with Gasteiger partial charge in [0.15, 0.2) is 0 Å². The summed E-state index contributed by atoms with van der Waals surface area (Å²) in [7, 11) is 0. The number of fused-ring (bicyclic) bond motifs is 5. The molecule has 4 rings (SSSR count). The van der Waals surface area contributed by atoms with Gasteiger partial charge in [0.05, 0.1) is 6.10 Å². The summed E-state index contributed by atoms with van der Waals surface area (Å²) in [6.07, 6.45) is 17.2. The Morgan fingerprint density at radius 2 is 1.79 bits per heavy atom. The summed E-state index contributed by atoms with van der Waals surface area (Å²) in [6.45, 7) is 12.6. The first kappa shape index (κ1) is 25.0. The molecule has 0 saturated heterocycles. The van der Waals surface area contributed by atoms with Crippen molar-refractivity contribution in [3.63, 3.8) is 0 Å². The van der Waals surface area contributed by atoms with E-state index in [9.17, 15) is 5.11 Å². The molecule has 29 heavy (non-hydrogen) atoms. The summed E-state index contributed by atoms with van der Waals surface area (Å²) in [5.74, 6) is 5.46. The van der Waals surface area contributed by atoms with Crippen molar-refractivity contribution in [3.05, 3.63) is 11.6 Å². The molecule has 0 aliphatic heterocycles. The second-order valence-electron chi connectivity index (χ2n) is 12.2. The molecule has 0 heterocycles. The molecule has 0 aromatic rings. The van der Waals surface area contributed by atoms with Gasteiger partial charge >= 0.3 is 51.4 Å². The van der Waals surface area contributed by atoms with E-state index in [-0.39, 0.29) is 58.9 Å². The maximum atomic E-state index is 10.2. The van der Waals surface area contributed by atoms with Gasteiger partial charge in [-0.1, -0.05) is 65.5 Å². The second-order valence-corrected chi connectivity index (χ2v) is 12.2. The summed E-state index contributed by atoms with van der Waals surface area (Å²) in [4.78, 5) is 0. The Bertz CT molecular complexity index is 604. The molecule has 162 valence electrons. The maximum Gasteiger partial charge on any atom is 1.00 e. The molecule has 2 heteroatoms. The Balaban J connectivity index is 0.00000160. The normalized spacial score (nSPS) is 44.9. The molecule has 1 N–H and O–H groups in total. The van der Waals surface area contributed by atoms with Gasteiger partial charge < -0.3 is 6.53 Å². The van der Waals surface area contributed by atoms with Crippen LogP contribution in [0.1, 0.15) is 107 Å². The number of aliphatic hydroxyl groups excluding tert-OH is 1. The van der Waals surface area contributed by atoms with E-state index < -0.39 is 0 Å². The first-order chi connectivity index (χ1) is 13.3. The Morgan fingerprint density at radius 1 is 1.03 bits per heavy atom. The first-order valence-corrected chi connectivity index (χ1v) is 12.6. The van der Waals surface area contributed by atoms with E-state index in [1.165, 1.54) is 57.8 Å². The molecule has 0 unspecified atom stereocenters. The molecule has 0 radical (unpaired) electrons. The fraction of sp³-hybridized carbons (Fsp3) is 0.926. The fourth-order valence-electron chi connectivity index (χ4n) is 8.67. The average Bonchev–Trinajstić information content (AvgIpc) is 2.99. The number of aliphatic hydroxyl groups is 1. The Morgan fingerprint density at radius 3 is 2.52 bits per heavy atom. The number of hydrogen-bond donors (Lipinski definition) is 1. The van der Waals surface area contributed by atoms with Crippen LogP contribution in [0.5, 0.6) is 0 Å². The van der Waals surface area contributed by atoms with Crippen molar-refractivity contribution < 1.29 is 57.9 Å². The third-order valence-corrected chi connectivity index (χ3v) is 10.3. The Labute approximate surface area is 225 Å². The molecular weight excluding hydrogens is 379 g/mol. The van der Waals surface area contributed by atoms with Crippen LogP contribution in [0.15, 0.2) is 11.6 Å². The van der Waals surface area contributed by atoms with Crippen LogP contribution in [0.3, 0.4) is 0 Å². The number of rotatable bonds is 5. The molecule has 0 spiro atoms. The van der Waals surface area contributed by atoms with Gasteiger partial charge in [-0.25, -0.2) is 0 Å². The van der Waals surface area contributed by atoms with Crippen molar-refractivity contribution in [1.29, 1.82) is 0 Å². The monoisotopic (exact) mass is 426 g/mol. The number of hydrogen-bond acceptors (Lipinski definition) is 1. The number of allylic oxidation sites excluding steroid dienone is 1. The van der Waals surface area contributed by atoms with Gasteiger partial charge in [-0.15, -0.1) is 0 Å². The summed E-state index contributed by atoms with van der Waals surface area (Å²) in [6, 6.07) is 0. The van der Waals surface area contributed by atoms with Gasteiger partial charge in [0.1, 0.15) is 0 Å². The molecule has 0 amide bonds. The zero-order valence-corrected chi connectivity index (χ0v) is 23.5. The third-order valence-electron chi connectivity index (χ3n) is 10.3. The van der Waals surface area contributed by atoms with E-state index in [0.717, 1.165) is 48.3 Å². The molecule has 8 atom stereocenters. The van der Waals surface area contributed by atoms with Gasteiger partial charge in [-0.2, -0.15) is 0 Å². The van der Waals surface area contributed by atoms with E-state index in [1.807, 2.05) is 0 Å². The molecule has 4 aliphatic carbocycles. The minimum atomic E-state index is -0.0766. The minimum absolute atomic E-state index is 0. The van der Waals surface area contributed by atoms with Crippen molar-refractivity contribution in [2.45, 2.75) is 111 Å². The predicted molar refractivity (Wildman–Crippen MR) is 120 cm³/mol. The molecular formula is C27H47KO. The maximum absolute atomic E-state index is 10.2. The summed E-state index contributed by atoms with van der Waals surface area (Å²) >= 11 is 0. The molecule has 0 aromatic carbocycles. The van der Waals surface area contributed by atoms with Crippen molar-refractivity contribution in [2.24, 2.45) is 46.3 Å². The summed E-state index contributed by atoms with van der Waals surface area (Å²) in [5, 5.41) is 10.2. The van der Waals surface area contributed by atoms with Crippen LogP contribution in [-0.4, -0.2) is 11.2 Å². The predicted octanol–water partition coefficient (Wildman–Crippen LogP) is 4.51. The molecule has 0 bridgehead atoms. The molecule has 0 aromatic heterocycles. The van der Waals surface area contributed by atoms with E-state index in [1.54, 1.807) is 5.57 Å². The van der Waals surface area contributed by atoms with Gasteiger partial charge in [0.2, 0.25) is 0 Å². The van der Waals surface area contributed by atoms with Gasteiger partial charge in [-0.3, -0.25) is 0 Å². The fourth-order valence-corrected chi connectivity index (χ4v) is 8.67. The first-order valence-electron chi connectivity index (χ1n) is 12.6. The van der Waals surface area contributed by atoms with Crippen molar-refractivity contribution in [1.82, 2.24) is 0 Å². The average molecular weight is 427 g/mol. The standard InChI is InChI=1S/C27H46O.K.H/c1-18(2)7-6-8-19(3)23-11-12-24-22-10-9-20-17-21(28)13-15-26(20,4)25(22)14-16-27(23,24)5;;/h9,18-19,21-25,28H,6-8,10-17H2,1-5H3;;/q;+1;-1/t19-,21+,22+,23-,24+,25+,26+,27-;;/m1../s1. The van der Waals surface area contributed by atoms with Crippen LogP contribution < -0.4 is 51.4 Å². The minimum Gasteiger partial charge on any atom is -1.00 e. The van der Waals surface area contributed by atoms with Gasteiger partial charge in [0.25, 0.3) is 0 Å². The zero-order chi connectivity index (χ0) is 20.1. The van der Waals surface area contributed by atoms with Crippen LogP contribution in [0.25, 0.3) is 0 Å². The van der Waals surface area contributed by atoms with Crippen molar-refractivity contribution in [3.8, 4) is 0 Å². The van der Waals surface area contributed by atoms with Crippen LogP contribution in [-0.2, 0) is 0 Å². The van der Waals surface area contributed by atoms with Crippen LogP contribution in [0.2, 0.25) is 0 Å². The van der Waals surface area contributed by atoms with Crippen LogP contribution in [0, 0.1) is 46.3 Å². The Hall–Kier alpha value is 1.34. The van der Waals surface area contributed by atoms with Crippen molar-refractivity contribution >= 4 is 0 Å². The smallest absolute Gasteiger partial charge is 1.00 e. The zero-order valence-electron chi connectivity index (χ0n) is 21.3. The summed E-state index contributed by atoms with van der Waals surface area (Å²) in [5.41, 5.74) is 2.60. The van der Waals surface area contributed by atoms with Gasteiger partial charge in [-0.05, 0) is 97.7 Å². The second kappa shape index (κ2) is 9.68. The molecule has 4 aliphatic rings. The van der Waals surface area contributed by atoms with E-state index >= 15 is 0 Å². The van der Waals surface area contributed by atoms with Gasteiger partial charge in [0, 0.05) is 0 Å². The van der Waals surface area contributed by atoms with Crippen LogP contribution >= 0.6 is 0 Å². The Kier molecular flexibility index (Phi) is 8.33. The molecule has 1 nitrogen and oxygen atoms in total. The quantitative estimate of drug-likeness (QED) is 0.507. The van der Waals surface area contributed by atoms with Crippen molar-refractivity contribution in [2.75, 3.05) is 0 Å². The summed E-state index contributed by atoms with van der Waals surface area (Å²) < 4.78 is 0.